The van der Waals surface area contributed by atoms with Gasteiger partial charge in [-0.25, -0.2) is 0 Å². The first-order chi connectivity index (χ1) is 11.2. The standard InChI is InChI=1S/C18H20Cl4Si2/c1-23(19,20)12-16-14-10-6-7-11-15(14)17(18(16)24(2,21)22)13-8-4-3-5-9-13/h3-11,16-18H,12H2,1-2H3/t16-,17+,18+/m1/s1. The second-order valence-electron chi connectivity index (χ2n) is 6.88. The molecule has 2 aromatic rings. The Morgan fingerprint density at radius 1 is 0.792 bits per heavy atom. The SMILES string of the molecule is C[Si](Cl)(Cl)C[C@@H]1c2ccccc2[C@H](c2ccccc2)[C@H]1[Si](C)(Cl)Cl. The van der Waals surface area contributed by atoms with Gasteiger partial charge in [0.25, 0.3) is 6.69 Å². The van der Waals surface area contributed by atoms with Crippen LogP contribution in [0.3, 0.4) is 0 Å². The number of halogens is 4. The number of benzene rings is 2. The quantitative estimate of drug-likeness (QED) is 0.348. The number of rotatable bonds is 4. The van der Waals surface area contributed by atoms with Gasteiger partial charge < -0.3 is 0 Å². The molecule has 0 saturated heterocycles. The molecule has 24 heavy (non-hydrogen) atoms. The minimum absolute atomic E-state index is 0.171. The van der Waals surface area contributed by atoms with E-state index in [-0.39, 0.29) is 17.4 Å². The summed E-state index contributed by atoms with van der Waals surface area (Å²) in [5.41, 5.74) is 4.08. The first kappa shape index (κ1) is 18.8. The summed E-state index contributed by atoms with van der Waals surface area (Å²) in [6.07, 6.45) is 0. The summed E-state index contributed by atoms with van der Waals surface area (Å²) >= 11 is 26.7. The molecule has 3 rings (SSSR count). The first-order valence-corrected chi connectivity index (χ1v) is 17.4. The van der Waals surface area contributed by atoms with Crippen LogP contribution in [0.2, 0.25) is 24.7 Å². The number of fused-ring (bicyclic) bond motifs is 1. The van der Waals surface area contributed by atoms with Crippen molar-refractivity contribution in [2.75, 3.05) is 0 Å². The van der Waals surface area contributed by atoms with Crippen LogP contribution in [0.5, 0.6) is 0 Å². The van der Waals surface area contributed by atoms with Crippen molar-refractivity contribution in [3.63, 3.8) is 0 Å². The van der Waals surface area contributed by atoms with Crippen LogP contribution < -0.4 is 0 Å². The lowest BCUT2D eigenvalue weighted by atomic mass is 9.92. The van der Waals surface area contributed by atoms with Gasteiger partial charge >= 0.3 is 0 Å². The Kier molecular flexibility index (Phi) is 5.47. The normalized spacial score (nSPS) is 24.0. The topological polar surface area (TPSA) is 0 Å². The van der Waals surface area contributed by atoms with E-state index in [1.54, 1.807) is 0 Å². The molecule has 1 aliphatic carbocycles. The molecular formula is C18H20Cl4Si2. The van der Waals surface area contributed by atoms with Crippen molar-refractivity contribution in [3.8, 4) is 0 Å². The lowest BCUT2D eigenvalue weighted by Crippen LogP contribution is -2.31. The molecule has 0 nitrogen and oxygen atoms in total. The van der Waals surface area contributed by atoms with E-state index >= 15 is 0 Å². The van der Waals surface area contributed by atoms with Crippen molar-refractivity contribution in [1.29, 1.82) is 0 Å². The van der Waals surface area contributed by atoms with Crippen molar-refractivity contribution in [2.45, 2.75) is 36.5 Å². The highest BCUT2D eigenvalue weighted by Gasteiger charge is 2.52. The summed E-state index contributed by atoms with van der Waals surface area (Å²) in [7, 11) is 0. The molecule has 0 bridgehead atoms. The molecule has 0 saturated carbocycles. The predicted molar refractivity (Wildman–Crippen MR) is 113 cm³/mol. The third kappa shape index (κ3) is 3.89. The molecule has 0 aliphatic heterocycles. The van der Waals surface area contributed by atoms with Crippen LogP contribution in [0, 0.1) is 0 Å². The predicted octanol–water partition coefficient (Wildman–Crippen LogP) is 7.39. The average molecular weight is 434 g/mol. The Morgan fingerprint density at radius 3 is 1.88 bits per heavy atom. The monoisotopic (exact) mass is 432 g/mol. The maximum absolute atomic E-state index is 6.83. The van der Waals surface area contributed by atoms with Crippen LogP contribution in [0.15, 0.2) is 54.6 Å². The summed E-state index contributed by atoms with van der Waals surface area (Å²) in [6.45, 7) is -0.770. The molecule has 0 heterocycles. The van der Waals surface area contributed by atoms with Crippen LogP contribution in [0.1, 0.15) is 28.5 Å². The van der Waals surface area contributed by atoms with Gasteiger partial charge in [0.05, 0.1) is 0 Å². The number of hydrogen-bond donors (Lipinski definition) is 0. The molecule has 2 aromatic carbocycles. The van der Waals surface area contributed by atoms with Gasteiger partial charge in [-0.05, 0) is 47.3 Å². The molecule has 0 unspecified atom stereocenters. The Bertz CT molecular complexity index is 707. The Hall–Kier alpha value is 0.0338. The molecule has 0 fully saturated rings. The van der Waals surface area contributed by atoms with Crippen molar-refractivity contribution in [3.05, 3.63) is 71.3 Å². The summed E-state index contributed by atoms with van der Waals surface area (Å²) < 4.78 is 0. The lowest BCUT2D eigenvalue weighted by molar-refractivity contribution is 0.668. The fourth-order valence-corrected chi connectivity index (χ4v) is 10.2. The maximum Gasteiger partial charge on any atom is 0.252 e. The van der Waals surface area contributed by atoms with Crippen molar-refractivity contribution in [1.82, 2.24) is 0 Å². The van der Waals surface area contributed by atoms with E-state index < -0.39 is 13.4 Å². The molecule has 0 amide bonds. The van der Waals surface area contributed by atoms with Gasteiger partial charge in [-0.2, -0.15) is 0 Å². The van der Waals surface area contributed by atoms with Crippen molar-refractivity contribution < 1.29 is 0 Å². The fraction of sp³-hybridized carbons (Fsp3) is 0.333. The largest absolute Gasteiger partial charge is 0.252 e. The summed E-state index contributed by atoms with van der Waals surface area (Å²) in [4.78, 5) is 0. The smallest absolute Gasteiger partial charge is 0.146 e. The second-order valence-corrected chi connectivity index (χ2v) is 22.9. The lowest BCUT2D eigenvalue weighted by Gasteiger charge is -2.33. The van der Waals surface area contributed by atoms with Crippen LogP contribution in [-0.2, 0) is 0 Å². The van der Waals surface area contributed by atoms with Gasteiger partial charge in [0.2, 0.25) is 6.69 Å². The molecule has 0 aromatic heterocycles. The Morgan fingerprint density at radius 2 is 1.33 bits per heavy atom. The molecule has 0 spiro atoms. The highest BCUT2D eigenvalue weighted by Crippen LogP contribution is 2.61. The highest BCUT2D eigenvalue weighted by atomic mass is 35.7. The third-order valence-corrected chi connectivity index (χ3v) is 10.3. The van der Waals surface area contributed by atoms with E-state index in [2.05, 4.69) is 48.5 Å². The molecule has 6 heteroatoms. The zero-order chi connectivity index (χ0) is 17.5. The minimum Gasteiger partial charge on any atom is -0.146 e. The van der Waals surface area contributed by atoms with Crippen molar-refractivity contribution in [2.24, 2.45) is 0 Å². The summed E-state index contributed by atoms with van der Waals surface area (Å²) in [5, 5.41) is 0. The van der Waals surface area contributed by atoms with Crippen LogP contribution >= 0.6 is 44.3 Å². The van der Waals surface area contributed by atoms with Crippen LogP contribution in [-0.4, -0.2) is 13.4 Å². The highest BCUT2D eigenvalue weighted by molar-refractivity contribution is 7.46. The maximum atomic E-state index is 6.83. The average Bonchev–Trinajstić information content (AvgIpc) is 2.81. The van der Waals surface area contributed by atoms with E-state index in [0.717, 1.165) is 6.04 Å². The van der Waals surface area contributed by atoms with E-state index in [1.807, 2.05) is 19.2 Å². The first-order valence-electron chi connectivity index (χ1n) is 8.08. The van der Waals surface area contributed by atoms with Gasteiger partial charge in [0.15, 0.2) is 0 Å². The van der Waals surface area contributed by atoms with Crippen LogP contribution in [0.4, 0.5) is 0 Å². The molecule has 128 valence electrons. The fourth-order valence-electron chi connectivity index (χ4n) is 4.07. The summed E-state index contributed by atoms with van der Waals surface area (Å²) in [5.74, 6) is 0.438. The molecular weight excluding hydrogens is 414 g/mol. The van der Waals surface area contributed by atoms with Gasteiger partial charge in [-0.3, -0.25) is 0 Å². The Labute approximate surface area is 164 Å². The number of hydrogen-bond acceptors (Lipinski definition) is 0. The van der Waals surface area contributed by atoms with E-state index in [0.29, 0.717) is 0 Å². The minimum atomic E-state index is -2.48. The van der Waals surface area contributed by atoms with E-state index in [4.69, 9.17) is 44.3 Å². The second kappa shape index (κ2) is 6.98. The van der Waals surface area contributed by atoms with Gasteiger partial charge in [-0.1, -0.05) is 54.6 Å². The van der Waals surface area contributed by atoms with E-state index in [1.165, 1.54) is 16.7 Å². The van der Waals surface area contributed by atoms with Gasteiger partial charge in [0, 0.05) is 5.92 Å². The third-order valence-electron chi connectivity index (χ3n) is 4.85. The molecule has 0 radical (unpaired) electrons. The summed E-state index contributed by atoms with van der Waals surface area (Å²) in [6, 6.07) is 19.9. The molecule has 3 atom stereocenters. The van der Waals surface area contributed by atoms with Crippen LogP contribution in [0.25, 0.3) is 0 Å². The van der Waals surface area contributed by atoms with Gasteiger partial charge in [-0.15, -0.1) is 44.3 Å². The molecule has 0 N–H and O–H groups in total. The zero-order valence-electron chi connectivity index (χ0n) is 13.6. The Balaban J connectivity index is 2.16. The van der Waals surface area contributed by atoms with Gasteiger partial charge in [0.1, 0.15) is 0 Å². The van der Waals surface area contributed by atoms with Crippen molar-refractivity contribution >= 4 is 57.7 Å². The molecule has 1 aliphatic rings. The van der Waals surface area contributed by atoms with E-state index in [9.17, 15) is 0 Å². The zero-order valence-corrected chi connectivity index (χ0v) is 18.7.